The second-order valence-electron chi connectivity index (χ2n) is 18.9. The van der Waals surface area contributed by atoms with Gasteiger partial charge in [-0.15, -0.1) is 0 Å². The Morgan fingerprint density at radius 1 is 0.562 bits per heavy atom. The molecule has 1 unspecified atom stereocenters. The van der Waals surface area contributed by atoms with E-state index in [2.05, 4.69) is 21.3 Å². The summed E-state index contributed by atoms with van der Waals surface area (Å²) >= 11 is 1.84. The topological polar surface area (TPSA) is 374 Å². The smallest absolute Gasteiger partial charge is 0.315 e. The van der Waals surface area contributed by atoms with Crippen molar-refractivity contribution in [3.8, 4) is 0 Å². The third-order valence-corrected chi connectivity index (χ3v) is 14.4. The number of primary amides is 1. The zero-order valence-corrected chi connectivity index (χ0v) is 44.5. The highest BCUT2D eigenvalue weighted by atomic mass is 32.2. The number of nitrogens with zero attached hydrogens (tertiary/aromatic N) is 5. The van der Waals surface area contributed by atoms with Crippen LogP contribution in [-0.2, 0) is 38.4 Å². The molecule has 24 nitrogen and oxygen atoms in total. The SMILES string of the molecule is CC(=O)N(CCCCN)CC(=O)N(CCCCN)CC(=O)N(CCCCN)CC(=O)N(CCCCN)CC(=O)N(CCCCN)CC(=O)N[C@@H](CCCCNC(=O)CCCCC1SC[C@@H]2NC(=O)N[C@H]12)C(N)=O. The van der Waals surface area contributed by atoms with Gasteiger partial charge in [-0.3, -0.25) is 38.4 Å². The number of nitrogens with one attached hydrogen (secondary N) is 4. The van der Waals surface area contributed by atoms with Crippen molar-refractivity contribution >= 4 is 65.1 Å². The van der Waals surface area contributed by atoms with Gasteiger partial charge in [-0.25, -0.2) is 4.79 Å². The second-order valence-corrected chi connectivity index (χ2v) is 20.2. The Morgan fingerprint density at radius 3 is 1.44 bits per heavy atom. The fraction of sp³-hybridized carbons (Fsp3) is 0.812. The quantitative estimate of drug-likeness (QED) is 0.0230. The highest BCUT2D eigenvalue weighted by Gasteiger charge is 2.42. The van der Waals surface area contributed by atoms with E-state index in [1.807, 2.05) is 11.8 Å². The van der Waals surface area contributed by atoms with Crippen molar-refractivity contribution in [3.05, 3.63) is 0 Å². The van der Waals surface area contributed by atoms with E-state index in [4.69, 9.17) is 34.4 Å². The summed E-state index contributed by atoms with van der Waals surface area (Å²) < 4.78 is 0. The molecule has 2 saturated heterocycles. The van der Waals surface area contributed by atoms with Gasteiger partial charge in [0.2, 0.25) is 47.3 Å². The maximum absolute atomic E-state index is 14.2. The van der Waals surface area contributed by atoms with Gasteiger partial charge >= 0.3 is 6.03 Å². The Morgan fingerprint density at radius 2 is 1.00 bits per heavy atom. The predicted molar refractivity (Wildman–Crippen MR) is 282 cm³/mol. The number of urea groups is 1. The summed E-state index contributed by atoms with van der Waals surface area (Å²) in [6, 6.07) is -0.855. The van der Waals surface area contributed by atoms with Gasteiger partial charge in [0, 0.05) is 63.6 Å². The Labute approximate surface area is 436 Å². The molecule has 0 aromatic carbocycles. The highest BCUT2D eigenvalue weighted by molar-refractivity contribution is 8.00. The van der Waals surface area contributed by atoms with Gasteiger partial charge < -0.3 is 80.2 Å². The molecule has 2 aliphatic heterocycles. The maximum Gasteiger partial charge on any atom is 0.315 e. The van der Waals surface area contributed by atoms with Crippen LogP contribution in [-0.4, -0.2) is 212 Å². The summed E-state index contributed by atoms with van der Waals surface area (Å²) in [5.74, 6) is -2.83. The molecule has 0 spiro atoms. The highest BCUT2D eigenvalue weighted by Crippen LogP contribution is 2.33. The molecular weight excluding hydrogens is 963 g/mol. The molecule has 16 N–H and O–H groups in total. The molecule has 0 saturated carbocycles. The van der Waals surface area contributed by atoms with Crippen LogP contribution < -0.4 is 55.7 Å². The Hall–Kier alpha value is -4.82. The molecule has 0 radical (unpaired) electrons. The Kier molecular flexibility index (Phi) is 33.3. The number of hydrogen-bond donors (Lipinski definition) is 10. The lowest BCUT2D eigenvalue weighted by Gasteiger charge is -2.32. The molecule has 0 aliphatic carbocycles. The zero-order chi connectivity index (χ0) is 54.0. The first-order chi connectivity index (χ1) is 35.1. The minimum absolute atomic E-state index is 0.0748. The first kappa shape index (κ1) is 64.3. The lowest BCUT2D eigenvalue weighted by atomic mass is 10.0. The number of carbonyl (C=O) groups is 9. The van der Waals surface area contributed by atoms with E-state index in [0.29, 0.717) is 135 Å². The van der Waals surface area contributed by atoms with Crippen molar-refractivity contribution in [3.63, 3.8) is 0 Å². The van der Waals surface area contributed by atoms with Gasteiger partial charge in [-0.2, -0.15) is 11.8 Å². The summed E-state index contributed by atoms with van der Waals surface area (Å²) in [6.07, 6.45) is 9.55. The molecule has 2 fully saturated rings. The van der Waals surface area contributed by atoms with E-state index in [1.54, 1.807) is 0 Å². The summed E-state index contributed by atoms with van der Waals surface area (Å²) in [6.45, 7) is 2.76. The fourth-order valence-corrected chi connectivity index (χ4v) is 10.1. The van der Waals surface area contributed by atoms with Crippen molar-refractivity contribution in [2.75, 3.05) is 110 Å². The van der Waals surface area contributed by atoms with Crippen LogP contribution in [0.2, 0.25) is 0 Å². The number of hydrogen-bond acceptors (Lipinski definition) is 15. The molecule has 25 heteroatoms. The Balaban J connectivity index is 2.07. The van der Waals surface area contributed by atoms with E-state index in [9.17, 15) is 43.2 Å². The Bertz CT molecular complexity index is 1720. The molecule has 0 aromatic heterocycles. The molecule has 10 amide bonds. The summed E-state index contributed by atoms with van der Waals surface area (Å²) in [7, 11) is 0. The number of rotatable bonds is 42. The molecule has 2 heterocycles. The van der Waals surface area contributed by atoms with Gasteiger partial charge in [0.25, 0.3) is 0 Å². The molecule has 4 atom stereocenters. The van der Waals surface area contributed by atoms with E-state index in [1.165, 1.54) is 31.4 Å². The number of unbranched alkanes of at least 4 members (excludes halogenated alkanes) is 7. The number of thioether (sulfide) groups is 1. The summed E-state index contributed by atoms with van der Waals surface area (Å²) in [5, 5.41) is 11.8. The van der Waals surface area contributed by atoms with Crippen molar-refractivity contribution in [1.82, 2.24) is 45.8 Å². The first-order valence-electron chi connectivity index (χ1n) is 26.5. The van der Waals surface area contributed by atoms with Gasteiger partial charge in [0.1, 0.15) is 6.04 Å². The van der Waals surface area contributed by atoms with Crippen LogP contribution in [0.4, 0.5) is 4.79 Å². The standard InChI is InChI=1S/C48H91N15O9S/c1-36(64)59(25-11-5-19-49)31-42(67)61(27-13-7-21-51)33-44(69)63(29-15-9-23-53)34-45(70)62(28-14-8-22-52)32-43(68)60(26-12-6-20-50)30-41(66)56-37(47(54)71)16-4-10-24-55-40(65)18-3-2-17-39-46-38(35-73-39)57-48(72)58-46/h37-39,46H,2-35,49-53H2,1H3,(H2,54,71)(H,55,65)(H,56,66)(H2,57,58,72)/t37-,38-,39?,46-/m0/s1. The molecule has 0 aromatic rings. The van der Waals surface area contributed by atoms with Gasteiger partial charge in [-0.1, -0.05) is 6.42 Å². The van der Waals surface area contributed by atoms with E-state index < -0.39 is 61.1 Å². The van der Waals surface area contributed by atoms with Crippen LogP contribution in [0.1, 0.15) is 116 Å². The number of carbonyl (C=O) groups excluding carboxylic acids is 9. The first-order valence-corrected chi connectivity index (χ1v) is 27.5. The number of fused-ring (bicyclic) bond motifs is 1. The molecule has 2 rings (SSSR count). The molecule has 418 valence electrons. The van der Waals surface area contributed by atoms with E-state index in [-0.39, 0.29) is 75.6 Å². The van der Waals surface area contributed by atoms with Crippen LogP contribution in [0.3, 0.4) is 0 Å². The van der Waals surface area contributed by atoms with Gasteiger partial charge in [0.05, 0.1) is 44.8 Å². The van der Waals surface area contributed by atoms with E-state index in [0.717, 1.165) is 25.0 Å². The van der Waals surface area contributed by atoms with Crippen molar-refractivity contribution in [2.24, 2.45) is 34.4 Å². The third kappa shape index (κ3) is 26.3. The average molecular weight is 1050 g/mol. The molecule has 0 bridgehead atoms. The lowest BCUT2D eigenvalue weighted by molar-refractivity contribution is -0.147. The van der Waals surface area contributed by atoms with Crippen LogP contribution in [0.5, 0.6) is 0 Å². The third-order valence-electron chi connectivity index (χ3n) is 12.9. The fourth-order valence-electron chi connectivity index (χ4n) is 8.57. The zero-order valence-electron chi connectivity index (χ0n) is 43.6. The van der Waals surface area contributed by atoms with Gasteiger partial charge in [0.15, 0.2) is 0 Å². The largest absolute Gasteiger partial charge is 0.368 e. The van der Waals surface area contributed by atoms with Crippen LogP contribution >= 0.6 is 11.8 Å². The van der Waals surface area contributed by atoms with Crippen molar-refractivity contribution in [2.45, 2.75) is 139 Å². The van der Waals surface area contributed by atoms with Crippen molar-refractivity contribution < 1.29 is 43.2 Å². The van der Waals surface area contributed by atoms with Crippen LogP contribution in [0.25, 0.3) is 0 Å². The monoisotopic (exact) mass is 1050 g/mol. The van der Waals surface area contributed by atoms with Crippen LogP contribution in [0, 0.1) is 0 Å². The van der Waals surface area contributed by atoms with Gasteiger partial charge in [-0.05, 0) is 129 Å². The number of amides is 10. The van der Waals surface area contributed by atoms with Crippen LogP contribution in [0.15, 0.2) is 0 Å². The lowest BCUT2D eigenvalue weighted by Crippen LogP contribution is -2.52. The molecule has 73 heavy (non-hydrogen) atoms. The minimum Gasteiger partial charge on any atom is -0.368 e. The second kappa shape index (κ2) is 37.8. The summed E-state index contributed by atoms with van der Waals surface area (Å²) in [5.41, 5.74) is 34.4. The average Bonchev–Trinajstić information content (AvgIpc) is 3.91. The normalized spacial score (nSPS) is 16.1. The predicted octanol–water partition coefficient (Wildman–Crippen LogP) is -2.17. The van der Waals surface area contributed by atoms with E-state index >= 15 is 0 Å². The minimum atomic E-state index is -1.03. The van der Waals surface area contributed by atoms with Crippen molar-refractivity contribution in [1.29, 1.82) is 0 Å². The maximum atomic E-state index is 14.2. The molecular formula is C48H91N15O9S. The molecule has 2 aliphatic rings. The number of nitrogens with two attached hydrogens (primary N) is 6. The summed E-state index contributed by atoms with van der Waals surface area (Å²) in [4.78, 5) is 125.